The predicted molar refractivity (Wildman–Crippen MR) is 70.7 cm³/mol. The Morgan fingerprint density at radius 1 is 1.39 bits per heavy atom. The zero-order chi connectivity index (χ0) is 13.9. The van der Waals surface area contributed by atoms with Crippen molar-refractivity contribution in [3.8, 4) is 0 Å². The minimum atomic E-state index is -1.23. The molecule has 4 heteroatoms. The highest BCUT2D eigenvalue weighted by Gasteiger charge is 2.21. The number of hydrogen-bond acceptors (Lipinski definition) is 2. The van der Waals surface area contributed by atoms with Crippen LogP contribution in [-0.4, -0.2) is 24.2 Å². The Morgan fingerprint density at radius 2 is 2.00 bits per heavy atom. The predicted octanol–water partition coefficient (Wildman–Crippen LogP) is 3.39. The molecule has 0 fully saturated rings. The lowest BCUT2D eigenvalue weighted by Crippen LogP contribution is -2.31. The maximum absolute atomic E-state index is 13.6. The van der Waals surface area contributed by atoms with Crippen molar-refractivity contribution in [1.82, 2.24) is 0 Å². The van der Waals surface area contributed by atoms with Gasteiger partial charge in [0.25, 0.3) is 0 Å². The zero-order valence-electron chi connectivity index (χ0n) is 11.3. The molecule has 0 radical (unpaired) electrons. The van der Waals surface area contributed by atoms with Gasteiger partial charge < -0.3 is 10.0 Å². The maximum Gasteiger partial charge on any atom is 0.340 e. The molecule has 0 saturated heterocycles. The van der Waals surface area contributed by atoms with Crippen LogP contribution in [0.5, 0.6) is 0 Å². The summed E-state index contributed by atoms with van der Waals surface area (Å²) in [4.78, 5) is 13.0. The van der Waals surface area contributed by atoms with Crippen molar-refractivity contribution in [3.63, 3.8) is 0 Å². The van der Waals surface area contributed by atoms with Gasteiger partial charge in [0.1, 0.15) is 11.4 Å². The van der Waals surface area contributed by atoms with E-state index in [0.29, 0.717) is 11.6 Å². The van der Waals surface area contributed by atoms with E-state index >= 15 is 0 Å². The van der Waals surface area contributed by atoms with Crippen LogP contribution < -0.4 is 4.90 Å². The third-order valence-electron chi connectivity index (χ3n) is 3.06. The van der Waals surface area contributed by atoms with Crippen LogP contribution in [0.2, 0.25) is 0 Å². The molecule has 3 nitrogen and oxygen atoms in total. The van der Waals surface area contributed by atoms with E-state index in [1.807, 2.05) is 11.8 Å². The number of carboxylic acid groups (broad SMARTS) is 1. The van der Waals surface area contributed by atoms with Crippen LogP contribution in [0.15, 0.2) is 18.2 Å². The molecule has 1 atom stereocenters. The smallest absolute Gasteiger partial charge is 0.340 e. The third-order valence-corrected chi connectivity index (χ3v) is 3.06. The first kappa shape index (κ1) is 14.5. The van der Waals surface area contributed by atoms with E-state index in [2.05, 4.69) is 13.8 Å². The molecule has 0 aliphatic rings. The van der Waals surface area contributed by atoms with Crippen LogP contribution in [0.3, 0.4) is 0 Å². The fourth-order valence-corrected chi connectivity index (χ4v) is 2.10. The summed E-state index contributed by atoms with van der Waals surface area (Å²) in [5, 5.41) is 9.09. The van der Waals surface area contributed by atoms with Crippen LogP contribution in [0.25, 0.3) is 0 Å². The fourth-order valence-electron chi connectivity index (χ4n) is 2.10. The first-order valence-corrected chi connectivity index (χ1v) is 6.09. The standard InChI is InChI=1S/C14H20FNO2/c1-9(2)8-10(3)16(4)12-7-5-6-11(15)13(12)14(17)18/h5-7,9-10H,8H2,1-4H3,(H,17,18). The molecule has 0 aliphatic carbocycles. The number of halogens is 1. The van der Waals surface area contributed by atoms with Gasteiger partial charge in [0.15, 0.2) is 0 Å². The van der Waals surface area contributed by atoms with Crippen molar-refractivity contribution in [2.24, 2.45) is 5.92 Å². The lowest BCUT2D eigenvalue weighted by molar-refractivity contribution is 0.0692. The summed E-state index contributed by atoms with van der Waals surface area (Å²) in [6.45, 7) is 6.22. The summed E-state index contributed by atoms with van der Waals surface area (Å²) in [6, 6.07) is 4.51. The van der Waals surface area contributed by atoms with Crippen molar-refractivity contribution in [2.45, 2.75) is 33.2 Å². The number of rotatable bonds is 5. The van der Waals surface area contributed by atoms with Gasteiger partial charge in [-0.3, -0.25) is 0 Å². The van der Waals surface area contributed by atoms with Gasteiger partial charge in [-0.2, -0.15) is 0 Å². The Labute approximate surface area is 107 Å². The Morgan fingerprint density at radius 3 is 2.50 bits per heavy atom. The van der Waals surface area contributed by atoms with Gasteiger partial charge in [-0.25, -0.2) is 9.18 Å². The summed E-state index contributed by atoms with van der Waals surface area (Å²) >= 11 is 0. The summed E-state index contributed by atoms with van der Waals surface area (Å²) < 4.78 is 13.6. The number of hydrogen-bond donors (Lipinski definition) is 1. The van der Waals surface area contributed by atoms with Crippen LogP contribution >= 0.6 is 0 Å². The average molecular weight is 253 g/mol. The lowest BCUT2D eigenvalue weighted by atomic mass is 10.0. The number of anilines is 1. The van der Waals surface area contributed by atoms with Crippen molar-refractivity contribution in [2.75, 3.05) is 11.9 Å². The highest BCUT2D eigenvalue weighted by molar-refractivity contribution is 5.94. The number of benzene rings is 1. The molecule has 0 heterocycles. The second-order valence-corrected chi connectivity index (χ2v) is 5.03. The summed E-state index contributed by atoms with van der Waals surface area (Å²) in [7, 11) is 1.80. The molecule has 0 amide bonds. The van der Waals surface area contributed by atoms with Gasteiger partial charge in [-0.1, -0.05) is 19.9 Å². The summed E-state index contributed by atoms with van der Waals surface area (Å²) in [6.07, 6.45) is 0.923. The van der Waals surface area contributed by atoms with E-state index in [1.165, 1.54) is 12.1 Å². The third kappa shape index (κ3) is 3.22. The molecule has 0 aliphatic heterocycles. The number of carbonyl (C=O) groups is 1. The Hall–Kier alpha value is -1.58. The molecule has 100 valence electrons. The van der Waals surface area contributed by atoms with E-state index in [-0.39, 0.29) is 11.6 Å². The molecule has 0 saturated carbocycles. The largest absolute Gasteiger partial charge is 0.478 e. The van der Waals surface area contributed by atoms with Crippen LogP contribution in [-0.2, 0) is 0 Å². The zero-order valence-corrected chi connectivity index (χ0v) is 11.3. The van der Waals surface area contributed by atoms with Crippen LogP contribution in [0, 0.1) is 11.7 Å². The van der Waals surface area contributed by atoms with Crippen LogP contribution in [0.1, 0.15) is 37.6 Å². The quantitative estimate of drug-likeness (QED) is 0.874. The first-order valence-electron chi connectivity index (χ1n) is 6.09. The van der Waals surface area contributed by atoms with Gasteiger partial charge >= 0.3 is 5.97 Å². The average Bonchev–Trinajstić information content (AvgIpc) is 2.26. The fraction of sp³-hybridized carbons (Fsp3) is 0.500. The number of nitrogens with zero attached hydrogens (tertiary/aromatic N) is 1. The first-order chi connectivity index (χ1) is 8.34. The monoisotopic (exact) mass is 253 g/mol. The minimum absolute atomic E-state index is 0.157. The molecule has 0 spiro atoms. The molecule has 1 N–H and O–H groups in total. The van der Waals surface area contributed by atoms with Crippen molar-refractivity contribution in [1.29, 1.82) is 0 Å². The molecule has 0 bridgehead atoms. The van der Waals surface area contributed by atoms with Gasteiger partial charge in [-0.05, 0) is 31.4 Å². The number of carboxylic acids is 1. The van der Waals surface area contributed by atoms with Gasteiger partial charge in [0, 0.05) is 13.1 Å². The van der Waals surface area contributed by atoms with Crippen molar-refractivity contribution < 1.29 is 14.3 Å². The maximum atomic E-state index is 13.6. The molecule has 0 aromatic heterocycles. The van der Waals surface area contributed by atoms with Crippen molar-refractivity contribution >= 4 is 11.7 Å². The molecule has 1 aromatic rings. The van der Waals surface area contributed by atoms with E-state index in [0.717, 1.165) is 6.42 Å². The molecule has 18 heavy (non-hydrogen) atoms. The molecular formula is C14H20FNO2. The Bertz CT molecular complexity index is 432. The normalized spacial score (nSPS) is 12.6. The minimum Gasteiger partial charge on any atom is -0.478 e. The molecule has 1 aromatic carbocycles. The van der Waals surface area contributed by atoms with Gasteiger partial charge in [0.05, 0.1) is 5.69 Å². The van der Waals surface area contributed by atoms with E-state index in [9.17, 15) is 9.18 Å². The second kappa shape index (κ2) is 5.85. The van der Waals surface area contributed by atoms with Crippen molar-refractivity contribution in [3.05, 3.63) is 29.6 Å². The van der Waals surface area contributed by atoms with Gasteiger partial charge in [0.2, 0.25) is 0 Å². The number of aromatic carboxylic acids is 1. The van der Waals surface area contributed by atoms with E-state index in [4.69, 9.17) is 5.11 Å². The molecular weight excluding hydrogens is 233 g/mol. The second-order valence-electron chi connectivity index (χ2n) is 5.03. The Kier molecular flexibility index (Phi) is 4.70. The summed E-state index contributed by atoms with van der Waals surface area (Å²) in [5.41, 5.74) is 0.172. The topological polar surface area (TPSA) is 40.5 Å². The lowest BCUT2D eigenvalue weighted by Gasteiger charge is -2.29. The van der Waals surface area contributed by atoms with Crippen LogP contribution in [0.4, 0.5) is 10.1 Å². The highest BCUT2D eigenvalue weighted by atomic mass is 19.1. The van der Waals surface area contributed by atoms with E-state index < -0.39 is 11.8 Å². The summed E-state index contributed by atoms with van der Waals surface area (Å²) in [5.74, 6) is -1.42. The van der Waals surface area contributed by atoms with E-state index in [1.54, 1.807) is 13.1 Å². The SMILES string of the molecule is CC(C)CC(C)N(C)c1cccc(F)c1C(=O)O. The highest BCUT2D eigenvalue weighted by Crippen LogP contribution is 2.25. The Balaban J connectivity index is 3.09. The molecule has 1 unspecified atom stereocenters. The molecule has 1 rings (SSSR count). The van der Waals surface area contributed by atoms with Gasteiger partial charge in [-0.15, -0.1) is 0 Å².